The fraction of sp³-hybridized carbons (Fsp3) is 0.188. The Balaban J connectivity index is 2.27. The quantitative estimate of drug-likeness (QED) is 0.874. The molecular formula is C16H17ClN2O. The van der Waals surface area contributed by atoms with Gasteiger partial charge in [-0.15, -0.1) is 0 Å². The molecule has 0 aliphatic rings. The Kier molecular flexibility index (Phi) is 4.30. The van der Waals surface area contributed by atoms with Gasteiger partial charge in [0, 0.05) is 7.05 Å². The van der Waals surface area contributed by atoms with Gasteiger partial charge in [-0.2, -0.15) is 0 Å². The Labute approximate surface area is 124 Å². The first-order valence-electron chi connectivity index (χ1n) is 6.38. The number of carbonyl (C=O) groups excluding carboxylic acids is 1. The molecule has 1 amide bonds. The molecule has 1 atom stereocenters. The van der Waals surface area contributed by atoms with Crippen molar-refractivity contribution in [2.45, 2.75) is 13.0 Å². The Hall–Kier alpha value is -2.00. The van der Waals surface area contributed by atoms with Crippen LogP contribution in [0.2, 0.25) is 5.02 Å². The summed E-state index contributed by atoms with van der Waals surface area (Å²) in [4.78, 5) is 14.2. The summed E-state index contributed by atoms with van der Waals surface area (Å²) >= 11 is 5.96. The van der Waals surface area contributed by atoms with Crippen LogP contribution < -0.4 is 5.73 Å². The number of nitrogen functional groups attached to an aromatic ring is 1. The highest BCUT2D eigenvalue weighted by atomic mass is 35.5. The third-order valence-electron chi connectivity index (χ3n) is 3.47. The van der Waals surface area contributed by atoms with Crippen molar-refractivity contribution in [2.24, 2.45) is 0 Å². The molecular weight excluding hydrogens is 272 g/mol. The van der Waals surface area contributed by atoms with Crippen molar-refractivity contribution < 1.29 is 4.79 Å². The second kappa shape index (κ2) is 5.97. The van der Waals surface area contributed by atoms with Crippen LogP contribution in [0.15, 0.2) is 48.5 Å². The zero-order chi connectivity index (χ0) is 14.7. The molecule has 3 nitrogen and oxygen atoms in total. The Morgan fingerprint density at radius 1 is 1.15 bits per heavy atom. The summed E-state index contributed by atoms with van der Waals surface area (Å²) in [6, 6.07) is 14.9. The molecule has 20 heavy (non-hydrogen) atoms. The van der Waals surface area contributed by atoms with Gasteiger partial charge in [0.25, 0.3) is 5.91 Å². The summed E-state index contributed by atoms with van der Waals surface area (Å²) in [7, 11) is 1.76. The van der Waals surface area contributed by atoms with Crippen LogP contribution in [-0.4, -0.2) is 17.9 Å². The average Bonchev–Trinajstić information content (AvgIpc) is 2.48. The van der Waals surface area contributed by atoms with Crippen molar-refractivity contribution in [3.05, 3.63) is 64.7 Å². The number of nitrogens with zero attached hydrogens (tertiary/aromatic N) is 1. The maximum absolute atomic E-state index is 12.5. The van der Waals surface area contributed by atoms with Crippen molar-refractivity contribution in [2.75, 3.05) is 12.8 Å². The molecule has 0 saturated carbocycles. The van der Waals surface area contributed by atoms with E-state index in [2.05, 4.69) is 0 Å². The number of carbonyl (C=O) groups is 1. The van der Waals surface area contributed by atoms with E-state index in [1.165, 1.54) is 0 Å². The van der Waals surface area contributed by atoms with Crippen LogP contribution in [-0.2, 0) is 0 Å². The standard InChI is InChI=1S/C16H17ClN2O/c1-11(12-7-4-3-5-8-12)19(2)16(20)13-9-6-10-14(17)15(13)18/h3-11H,18H2,1-2H3. The number of amides is 1. The smallest absolute Gasteiger partial charge is 0.256 e. The van der Waals surface area contributed by atoms with Gasteiger partial charge in [0.2, 0.25) is 0 Å². The van der Waals surface area contributed by atoms with E-state index in [4.69, 9.17) is 17.3 Å². The Bertz CT molecular complexity index is 613. The summed E-state index contributed by atoms with van der Waals surface area (Å²) in [5, 5.41) is 0.400. The average molecular weight is 289 g/mol. The number of hydrogen-bond acceptors (Lipinski definition) is 2. The van der Waals surface area contributed by atoms with Gasteiger partial charge in [-0.3, -0.25) is 4.79 Å². The lowest BCUT2D eigenvalue weighted by Crippen LogP contribution is -2.30. The zero-order valence-electron chi connectivity index (χ0n) is 11.5. The first-order valence-corrected chi connectivity index (χ1v) is 6.76. The lowest BCUT2D eigenvalue weighted by molar-refractivity contribution is 0.0743. The number of hydrogen-bond donors (Lipinski definition) is 1. The van der Waals surface area contributed by atoms with Crippen LogP contribution in [0, 0.1) is 0 Å². The molecule has 0 aromatic heterocycles. The lowest BCUT2D eigenvalue weighted by Gasteiger charge is -2.26. The third kappa shape index (κ3) is 2.78. The topological polar surface area (TPSA) is 46.3 Å². The van der Waals surface area contributed by atoms with Gasteiger partial charge in [-0.1, -0.05) is 48.0 Å². The van der Waals surface area contributed by atoms with Crippen LogP contribution in [0.1, 0.15) is 28.9 Å². The van der Waals surface area contributed by atoms with Crippen LogP contribution in [0.25, 0.3) is 0 Å². The van der Waals surface area contributed by atoms with E-state index in [-0.39, 0.29) is 11.9 Å². The predicted molar refractivity (Wildman–Crippen MR) is 82.8 cm³/mol. The van der Waals surface area contributed by atoms with Gasteiger partial charge in [0.15, 0.2) is 0 Å². The number of para-hydroxylation sites is 1. The number of rotatable bonds is 3. The minimum atomic E-state index is -0.138. The van der Waals surface area contributed by atoms with Gasteiger partial charge < -0.3 is 10.6 Å². The molecule has 2 N–H and O–H groups in total. The maximum Gasteiger partial charge on any atom is 0.256 e. The summed E-state index contributed by atoms with van der Waals surface area (Å²) in [5.74, 6) is -0.138. The summed E-state index contributed by atoms with van der Waals surface area (Å²) in [6.45, 7) is 1.98. The molecule has 2 rings (SSSR count). The summed E-state index contributed by atoms with van der Waals surface area (Å²) < 4.78 is 0. The molecule has 0 fully saturated rings. The van der Waals surface area contributed by atoms with E-state index >= 15 is 0 Å². The molecule has 2 aromatic rings. The molecule has 0 aliphatic carbocycles. The zero-order valence-corrected chi connectivity index (χ0v) is 12.3. The molecule has 2 aromatic carbocycles. The van der Waals surface area contributed by atoms with Crippen molar-refractivity contribution in [1.82, 2.24) is 4.90 Å². The van der Waals surface area contributed by atoms with E-state index < -0.39 is 0 Å². The van der Waals surface area contributed by atoms with Crippen molar-refractivity contribution in [1.29, 1.82) is 0 Å². The second-order valence-corrected chi connectivity index (χ2v) is 5.11. The summed E-state index contributed by atoms with van der Waals surface area (Å²) in [6.07, 6.45) is 0. The Morgan fingerprint density at radius 2 is 1.80 bits per heavy atom. The molecule has 0 spiro atoms. The first-order chi connectivity index (χ1) is 9.52. The fourth-order valence-corrected chi connectivity index (χ4v) is 2.22. The van der Waals surface area contributed by atoms with E-state index in [1.807, 2.05) is 37.3 Å². The Morgan fingerprint density at radius 3 is 2.45 bits per heavy atom. The van der Waals surface area contributed by atoms with Gasteiger partial charge >= 0.3 is 0 Å². The molecule has 104 valence electrons. The highest BCUT2D eigenvalue weighted by Crippen LogP contribution is 2.26. The van der Waals surface area contributed by atoms with Crippen molar-refractivity contribution in [3.8, 4) is 0 Å². The van der Waals surface area contributed by atoms with E-state index in [1.54, 1.807) is 30.1 Å². The van der Waals surface area contributed by atoms with Gasteiger partial charge in [0.05, 0.1) is 22.3 Å². The van der Waals surface area contributed by atoms with Crippen LogP contribution >= 0.6 is 11.6 Å². The minimum absolute atomic E-state index is 0.0397. The van der Waals surface area contributed by atoms with Crippen molar-refractivity contribution in [3.63, 3.8) is 0 Å². The largest absolute Gasteiger partial charge is 0.397 e. The number of benzene rings is 2. The second-order valence-electron chi connectivity index (χ2n) is 4.70. The lowest BCUT2D eigenvalue weighted by atomic mass is 10.1. The predicted octanol–water partition coefficient (Wildman–Crippen LogP) is 3.76. The van der Waals surface area contributed by atoms with E-state index in [0.29, 0.717) is 16.3 Å². The molecule has 0 heterocycles. The summed E-state index contributed by atoms with van der Waals surface area (Å²) in [5.41, 5.74) is 7.71. The number of halogens is 1. The maximum atomic E-state index is 12.5. The van der Waals surface area contributed by atoms with E-state index in [0.717, 1.165) is 5.56 Å². The van der Waals surface area contributed by atoms with Gasteiger partial charge in [0.1, 0.15) is 0 Å². The highest BCUT2D eigenvalue weighted by molar-refractivity contribution is 6.33. The molecule has 0 radical (unpaired) electrons. The fourth-order valence-electron chi connectivity index (χ4n) is 2.04. The molecule has 0 aliphatic heterocycles. The molecule has 0 bridgehead atoms. The monoisotopic (exact) mass is 288 g/mol. The molecule has 0 saturated heterocycles. The normalized spacial score (nSPS) is 11.9. The number of anilines is 1. The van der Waals surface area contributed by atoms with Gasteiger partial charge in [-0.25, -0.2) is 0 Å². The van der Waals surface area contributed by atoms with Crippen LogP contribution in [0.4, 0.5) is 5.69 Å². The van der Waals surface area contributed by atoms with E-state index in [9.17, 15) is 4.79 Å². The number of nitrogens with two attached hydrogens (primary N) is 1. The highest BCUT2D eigenvalue weighted by Gasteiger charge is 2.21. The van der Waals surface area contributed by atoms with Crippen molar-refractivity contribution >= 4 is 23.2 Å². The van der Waals surface area contributed by atoms with Gasteiger partial charge in [-0.05, 0) is 24.6 Å². The third-order valence-corrected chi connectivity index (χ3v) is 3.80. The van der Waals surface area contributed by atoms with Crippen LogP contribution in [0.3, 0.4) is 0 Å². The minimum Gasteiger partial charge on any atom is -0.397 e. The first kappa shape index (κ1) is 14.4. The molecule has 4 heteroatoms. The molecule has 1 unspecified atom stereocenters. The SMILES string of the molecule is CC(c1ccccc1)N(C)C(=O)c1cccc(Cl)c1N. The van der Waals surface area contributed by atoms with Crippen LogP contribution in [0.5, 0.6) is 0 Å².